The van der Waals surface area contributed by atoms with Crippen LogP contribution in [0.2, 0.25) is 0 Å². The third kappa shape index (κ3) is 4.54. The van der Waals surface area contributed by atoms with Crippen molar-refractivity contribution in [3.63, 3.8) is 0 Å². The minimum absolute atomic E-state index is 0.0529. The highest BCUT2D eigenvalue weighted by Gasteiger charge is 2.21. The van der Waals surface area contributed by atoms with Gasteiger partial charge in [-0.1, -0.05) is 0 Å². The number of nitrogens with one attached hydrogen (secondary N) is 1. The van der Waals surface area contributed by atoms with E-state index >= 15 is 0 Å². The summed E-state index contributed by atoms with van der Waals surface area (Å²) in [7, 11) is 2.11. The fourth-order valence-electron chi connectivity index (χ4n) is 2.46. The quantitative estimate of drug-likeness (QED) is 0.582. The number of sulfone groups is 1. The molecule has 136 valence electrons. The number of hydrogen-bond donors (Lipinski definition) is 1. The first-order chi connectivity index (χ1) is 11.6. The molecule has 2 aromatic rings. The molecular formula is C15H21N5O4S. The van der Waals surface area contributed by atoms with E-state index < -0.39 is 14.8 Å². The first kappa shape index (κ1) is 18.9. The fourth-order valence-corrected chi connectivity index (χ4v) is 3.10. The maximum atomic E-state index is 11.6. The van der Waals surface area contributed by atoms with Gasteiger partial charge in [0.1, 0.15) is 5.69 Å². The van der Waals surface area contributed by atoms with Gasteiger partial charge in [-0.05, 0) is 26.2 Å². The van der Waals surface area contributed by atoms with Crippen LogP contribution >= 0.6 is 0 Å². The van der Waals surface area contributed by atoms with Gasteiger partial charge in [-0.3, -0.25) is 14.8 Å². The second kappa shape index (κ2) is 7.19. The number of nitro groups is 1. The van der Waals surface area contributed by atoms with Crippen molar-refractivity contribution in [2.24, 2.45) is 7.05 Å². The van der Waals surface area contributed by atoms with Crippen molar-refractivity contribution in [2.45, 2.75) is 10.9 Å². The highest BCUT2D eigenvalue weighted by Crippen LogP contribution is 2.28. The maximum absolute atomic E-state index is 11.6. The maximum Gasteiger partial charge on any atom is 0.293 e. The Morgan fingerprint density at radius 3 is 2.56 bits per heavy atom. The molecule has 0 aliphatic rings. The molecule has 0 aliphatic heterocycles. The molecule has 0 aliphatic carbocycles. The van der Waals surface area contributed by atoms with E-state index in [4.69, 9.17) is 0 Å². The van der Waals surface area contributed by atoms with Gasteiger partial charge in [0.05, 0.1) is 22.1 Å². The summed E-state index contributed by atoms with van der Waals surface area (Å²) in [6.45, 7) is 0.401. The predicted molar refractivity (Wildman–Crippen MR) is 94.3 cm³/mol. The molecule has 1 aromatic heterocycles. The van der Waals surface area contributed by atoms with Crippen LogP contribution in [0.5, 0.6) is 0 Å². The highest BCUT2D eigenvalue weighted by atomic mass is 32.2. The van der Waals surface area contributed by atoms with Crippen LogP contribution in [-0.2, 0) is 16.9 Å². The van der Waals surface area contributed by atoms with E-state index in [1.807, 2.05) is 32.2 Å². The molecule has 1 unspecified atom stereocenters. The predicted octanol–water partition coefficient (Wildman–Crippen LogP) is 1.45. The zero-order valence-corrected chi connectivity index (χ0v) is 15.3. The zero-order chi connectivity index (χ0) is 18.8. The van der Waals surface area contributed by atoms with Crippen molar-refractivity contribution in [3.8, 4) is 0 Å². The van der Waals surface area contributed by atoms with Gasteiger partial charge in [-0.15, -0.1) is 0 Å². The first-order valence-electron chi connectivity index (χ1n) is 7.47. The largest absolute Gasteiger partial charge is 0.378 e. The lowest BCUT2D eigenvalue weighted by molar-refractivity contribution is -0.384. The van der Waals surface area contributed by atoms with Crippen LogP contribution in [0.3, 0.4) is 0 Å². The zero-order valence-electron chi connectivity index (χ0n) is 14.5. The number of hydrogen-bond acceptors (Lipinski definition) is 7. The van der Waals surface area contributed by atoms with Crippen molar-refractivity contribution in [3.05, 3.63) is 46.3 Å². The smallest absolute Gasteiger partial charge is 0.293 e. The van der Waals surface area contributed by atoms with Crippen LogP contribution in [0.1, 0.15) is 11.6 Å². The van der Waals surface area contributed by atoms with Crippen molar-refractivity contribution >= 4 is 21.2 Å². The number of aryl methyl sites for hydroxylation is 1. The molecule has 0 saturated carbocycles. The summed E-state index contributed by atoms with van der Waals surface area (Å²) in [4.78, 5) is 12.6. The average Bonchev–Trinajstić information content (AvgIpc) is 2.92. The van der Waals surface area contributed by atoms with E-state index in [-0.39, 0.29) is 22.3 Å². The molecule has 0 saturated heterocycles. The van der Waals surface area contributed by atoms with E-state index in [9.17, 15) is 18.5 Å². The molecule has 1 atom stereocenters. The molecule has 0 fully saturated rings. The summed E-state index contributed by atoms with van der Waals surface area (Å²) in [5.41, 5.74) is 0.968. The van der Waals surface area contributed by atoms with Crippen molar-refractivity contribution < 1.29 is 13.3 Å². The van der Waals surface area contributed by atoms with Crippen molar-refractivity contribution in [2.75, 3.05) is 32.2 Å². The molecule has 0 amide bonds. The molecule has 2 rings (SSSR count). The Morgan fingerprint density at radius 2 is 2.08 bits per heavy atom. The minimum Gasteiger partial charge on any atom is -0.378 e. The van der Waals surface area contributed by atoms with Crippen LogP contribution in [0.25, 0.3) is 0 Å². The number of likely N-dealkylation sites (N-methyl/N-ethyl adjacent to an activating group) is 1. The van der Waals surface area contributed by atoms with Gasteiger partial charge in [0, 0.05) is 37.7 Å². The lowest BCUT2D eigenvalue weighted by Crippen LogP contribution is -2.26. The second-order valence-electron chi connectivity index (χ2n) is 6.02. The molecule has 0 radical (unpaired) electrons. The van der Waals surface area contributed by atoms with Crippen LogP contribution < -0.4 is 5.32 Å². The molecule has 0 bridgehead atoms. The van der Waals surface area contributed by atoms with Gasteiger partial charge >= 0.3 is 0 Å². The standard InChI is InChI=1S/C15H21N5O4S/c1-18(2)15(11-8-17-19(3)10-11)9-16-13-6-5-12(25(4,23)24)7-14(13)20(21)22/h5-8,10,15-16H,9H2,1-4H3. The Morgan fingerprint density at radius 1 is 1.40 bits per heavy atom. The van der Waals surface area contributed by atoms with Gasteiger partial charge < -0.3 is 10.2 Å². The van der Waals surface area contributed by atoms with Gasteiger partial charge in [-0.25, -0.2) is 8.42 Å². The summed E-state index contributed by atoms with van der Waals surface area (Å²) in [5, 5.41) is 18.5. The topological polar surface area (TPSA) is 110 Å². The molecule has 10 heteroatoms. The van der Waals surface area contributed by atoms with Crippen LogP contribution in [-0.4, -0.2) is 54.9 Å². The third-order valence-corrected chi connectivity index (χ3v) is 4.92. The lowest BCUT2D eigenvalue weighted by Gasteiger charge is -2.24. The van der Waals surface area contributed by atoms with Crippen molar-refractivity contribution in [1.29, 1.82) is 0 Å². The number of aromatic nitrogens is 2. The summed E-state index contributed by atoms with van der Waals surface area (Å²) >= 11 is 0. The van der Waals surface area contributed by atoms with E-state index in [1.165, 1.54) is 12.1 Å². The molecule has 0 spiro atoms. The second-order valence-corrected chi connectivity index (χ2v) is 8.03. The summed E-state index contributed by atoms with van der Waals surface area (Å²) in [5.74, 6) is 0. The Hall–Kier alpha value is -2.46. The molecule has 25 heavy (non-hydrogen) atoms. The molecule has 1 aromatic carbocycles. The normalized spacial score (nSPS) is 13.0. The van der Waals surface area contributed by atoms with Crippen LogP contribution in [0.15, 0.2) is 35.5 Å². The Labute approximate surface area is 146 Å². The van der Waals surface area contributed by atoms with E-state index in [0.29, 0.717) is 6.54 Å². The molecular weight excluding hydrogens is 346 g/mol. The minimum atomic E-state index is -3.51. The molecule has 1 N–H and O–H groups in total. The number of rotatable bonds is 7. The number of nitrogens with zero attached hydrogens (tertiary/aromatic N) is 4. The van der Waals surface area contributed by atoms with E-state index in [1.54, 1.807) is 10.9 Å². The van der Waals surface area contributed by atoms with Crippen molar-refractivity contribution in [1.82, 2.24) is 14.7 Å². The number of anilines is 1. The number of benzene rings is 1. The first-order valence-corrected chi connectivity index (χ1v) is 9.36. The van der Waals surface area contributed by atoms with Crippen LogP contribution in [0.4, 0.5) is 11.4 Å². The highest BCUT2D eigenvalue weighted by molar-refractivity contribution is 7.90. The average molecular weight is 367 g/mol. The summed E-state index contributed by atoms with van der Waals surface area (Å²) < 4.78 is 24.9. The van der Waals surface area contributed by atoms with E-state index in [2.05, 4.69) is 10.4 Å². The monoisotopic (exact) mass is 367 g/mol. The summed E-state index contributed by atoms with van der Waals surface area (Å²) in [6, 6.07) is 3.80. The van der Waals surface area contributed by atoms with Gasteiger partial charge in [0.15, 0.2) is 9.84 Å². The van der Waals surface area contributed by atoms with Gasteiger partial charge in [-0.2, -0.15) is 5.10 Å². The SMILES string of the molecule is CN(C)C(CNc1ccc(S(C)(=O)=O)cc1[N+](=O)[O-])c1cnn(C)c1. The molecule has 1 heterocycles. The number of nitro benzene ring substituents is 1. The Bertz CT molecular complexity index is 876. The van der Waals surface area contributed by atoms with E-state index in [0.717, 1.165) is 17.9 Å². The van der Waals surface area contributed by atoms with Gasteiger partial charge in [0.2, 0.25) is 0 Å². The van der Waals surface area contributed by atoms with Crippen LogP contribution in [0, 0.1) is 10.1 Å². The Kier molecular flexibility index (Phi) is 5.43. The third-order valence-electron chi connectivity index (χ3n) is 3.81. The lowest BCUT2D eigenvalue weighted by atomic mass is 10.1. The fraction of sp³-hybridized carbons (Fsp3) is 0.400. The van der Waals surface area contributed by atoms with Gasteiger partial charge in [0.25, 0.3) is 5.69 Å². The Balaban J connectivity index is 2.28. The summed E-state index contributed by atoms with van der Waals surface area (Å²) in [6.07, 6.45) is 4.64. The molecule has 9 nitrogen and oxygen atoms in total.